The van der Waals surface area contributed by atoms with Crippen LogP contribution in [-0.2, 0) is 0 Å². The van der Waals surface area contributed by atoms with Gasteiger partial charge in [-0.25, -0.2) is 5.43 Å². The van der Waals surface area contributed by atoms with Gasteiger partial charge in [-0.3, -0.25) is 9.59 Å². The van der Waals surface area contributed by atoms with E-state index in [4.69, 9.17) is 11.6 Å². The first kappa shape index (κ1) is 20.3. The number of nitrogens with one attached hydrogen (secondary N) is 2. The minimum absolute atomic E-state index is 0.235. The highest BCUT2D eigenvalue weighted by Gasteiger charge is 2.08. The van der Waals surface area contributed by atoms with Gasteiger partial charge in [-0.15, -0.1) is 0 Å². The second-order valence-electron chi connectivity index (χ2n) is 6.55. The molecule has 0 aliphatic carbocycles. The van der Waals surface area contributed by atoms with Crippen LogP contribution in [0.3, 0.4) is 0 Å². The molecule has 0 saturated heterocycles. The van der Waals surface area contributed by atoms with Gasteiger partial charge in [0.1, 0.15) is 0 Å². The van der Waals surface area contributed by atoms with Crippen molar-refractivity contribution < 1.29 is 9.59 Å². The van der Waals surface area contributed by atoms with Crippen LogP contribution in [0.5, 0.6) is 0 Å². The summed E-state index contributed by atoms with van der Waals surface area (Å²) in [6.45, 7) is 3.71. The van der Waals surface area contributed by atoms with Crippen LogP contribution >= 0.6 is 11.6 Å². The summed E-state index contributed by atoms with van der Waals surface area (Å²) < 4.78 is 0. The lowest BCUT2D eigenvalue weighted by molar-refractivity contribution is 0.0954. The van der Waals surface area contributed by atoms with Gasteiger partial charge in [0.25, 0.3) is 11.8 Å². The molecule has 0 unspecified atom stereocenters. The number of carbonyl (C=O) groups is 2. The Balaban J connectivity index is 1.69. The maximum absolute atomic E-state index is 12.4. The molecular formula is C23H20ClN3O2. The van der Waals surface area contributed by atoms with E-state index >= 15 is 0 Å². The van der Waals surface area contributed by atoms with Crippen molar-refractivity contribution >= 4 is 34.8 Å². The summed E-state index contributed by atoms with van der Waals surface area (Å²) in [6.07, 6.45) is 0. The first-order valence-corrected chi connectivity index (χ1v) is 9.39. The van der Waals surface area contributed by atoms with E-state index in [1.807, 2.05) is 31.2 Å². The molecule has 5 nitrogen and oxygen atoms in total. The SMILES string of the molecule is C/C(=N/NC(=O)c1cccc(C)c1)c1cccc(NC(=O)c2ccc(Cl)cc2)c1. The lowest BCUT2D eigenvalue weighted by Gasteiger charge is -2.08. The summed E-state index contributed by atoms with van der Waals surface area (Å²) in [5, 5.41) is 7.60. The molecule has 0 aliphatic heterocycles. The predicted molar refractivity (Wildman–Crippen MR) is 117 cm³/mol. The molecule has 6 heteroatoms. The van der Waals surface area contributed by atoms with E-state index in [9.17, 15) is 9.59 Å². The Morgan fingerprint density at radius 2 is 1.52 bits per heavy atom. The van der Waals surface area contributed by atoms with Gasteiger partial charge in [-0.05, 0) is 67.9 Å². The molecular weight excluding hydrogens is 386 g/mol. The van der Waals surface area contributed by atoms with Crippen molar-refractivity contribution in [1.82, 2.24) is 5.43 Å². The van der Waals surface area contributed by atoms with Gasteiger partial charge in [-0.1, -0.05) is 41.4 Å². The van der Waals surface area contributed by atoms with Gasteiger partial charge in [-0.2, -0.15) is 5.10 Å². The number of aryl methyl sites for hydroxylation is 1. The smallest absolute Gasteiger partial charge is 0.271 e. The summed E-state index contributed by atoms with van der Waals surface area (Å²) in [6, 6.07) is 21.2. The standard InChI is InChI=1S/C23H20ClN3O2/c1-15-5-3-7-19(13-15)23(29)27-26-16(2)18-6-4-8-21(14-18)25-22(28)17-9-11-20(24)12-10-17/h3-14H,1-2H3,(H,25,28)(H,27,29)/b26-16-. The second-order valence-corrected chi connectivity index (χ2v) is 6.99. The Bertz CT molecular complexity index is 1080. The highest BCUT2D eigenvalue weighted by molar-refractivity contribution is 6.30. The molecule has 0 bridgehead atoms. The monoisotopic (exact) mass is 405 g/mol. The van der Waals surface area contributed by atoms with Gasteiger partial charge in [0.15, 0.2) is 0 Å². The zero-order valence-corrected chi connectivity index (χ0v) is 16.8. The molecule has 0 heterocycles. The summed E-state index contributed by atoms with van der Waals surface area (Å²) in [5.74, 6) is -0.513. The Morgan fingerprint density at radius 3 is 2.24 bits per heavy atom. The zero-order valence-electron chi connectivity index (χ0n) is 16.1. The molecule has 3 aromatic rings. The van der Waals surface area contributed by atoms with Crippen molar-refractivity contribution in [2.45, 2.75) is 13.8 Å². The molecule has 0 spiro atoms. The number of carbonyl (C=O) groups excluding carboxylic acids is 2. The number of hydrazone groups is 1. The molecule has 0 atom stereocenters. The normalized spacial score (nSPS) is 11.1. The van der Waals surface area contributed by atoms with E-state index in [0.29, 0.717) is 27.5 Å². The molecule has 0 aliphatic rings. The van der Waals surface area contributed by atoms with E-state index < -0.39 is 0 Å². The van der Waals surface area contributed by atoms with Crippen molar-refractivity contribution in [3.05, 3.63) is 100 Å². The van der Waals surface area contributed by atoms with Gasteiger partial charge in [0, 0.05) is 21.8 Å². The second kappa shape index (κ2) is 9.17. The number of anilines is 1. The van der Waals surface area contributed by atoms with Gasteiger partial charge < -0.3 is 5.32 Å². The number of halogens is 1. The topological polar surface area (TPSA) is 70.6 Å². The minimum atomic E-state index is -0.278. The summed E-state index contributed by atoms with van der Waals surface area (Å²) in [4.78, 5) is 24.6. The molecule has 0 saturated carbocycles. The largest absolute Gasteiger partial charge is 0.322 e. The van der Waals surface area contributed by atoms with E-state index in [-0.39, 0.29) is 11.8 Å². The molecule has 3 rings (SSSR count). The fourth-order valence-corrected chi connectivity index (χ4v) is 2.80. The molecule has 146 valence electrons. The van der Waals surface area contributed by atoms with Crippen LogP contribution in [0.4, 0.5) is 5.69 Å². The van der Waals surface area contributed by atoms with E-state index in [1.165, 1.54) is 0 Å². The van der Waals surface area contributed by atoms with Crippen molar-refractivity contribution in [2.24, 2.45) is 5.10 Å². The molecule has 29 heavy (non-hydrogen) atoms. The average Bonchev–Trinajstić information content (AvgIpc) is 2.72. The Labute approximate surface area is 174 Å². The maximum Gasteiger partial charge on any atom is 0.271 e. The van der Waals surface area contributed by atoms with Crippen LogP contribution < -0.4 is 10.7 Å². The Morgan fingerprint density at radius 1 is 0.828 bits per heavy atom. The Kier molecular flexibility index (Phi) is 6.42. The van der Waals surface area contributed by atoms with Crippen LogP contribution in [0.2, 0.25) is 5.02 Å². The zero-order chi connectivity index (χ0) is 20.8. The van der Waals surface area contributed by atoms with Crippen molar-refractivity contribution in [2.75, 3.05) is 5.32 Å². The number of nitrogens with zero attached hydrogens (tertiary/aromatic N) is 1. The third kappa shape index (κ3) is 5.53. The molecule has 0 radical (unpaired) electrons. The quantitative estimate of drug-likeness (QED) is 0.460. The van der Waals surface area contributed by atoms with E-state index in [2.05, 4.69) is 15.8 Å². The van der Waals surface area contributed by atoms with Crippen LogP contribution in [-0.4, -0.2) is 17.5 Å². The summed E-state index contributed by atoms with van der Waals surface area (Å²) >= 11 is 5.86. The molecule has 2 N–H and O–H groups in total. The Hall–Kier alpha value is -3.44. The number of hydrogen-bond acceptors (Lipinski definition) is 3. The lowest BCUT2D eigenvalue weighted by atomic mass is 10.1. The summed E-state index contributed by atoms with van der Waals surface area (Å²) in [7, 11) is 0. The predicted octanol–water partition coefficient (Wildman–Crippen LogP) is 5.05. The van der Waals surface area contributed by atoms with Crippen molar-refractivity contribution in [3.8, 4) is 0 Å². The first-order chi connectivity index (χ1) is 13.9. The first-order valence-electron chi connectivity index (χ1n) is 9.01. The highest BCUT2D eigenvalue weighted by atomic mass is 35.5. The fraction of sp³-hybridized carbons (Fsp3) is 0.0870. The molecule has 0 aromatic heterocycles. The van der Waals surface area contributed by atoms with Gasteiger partial charge in [0.05, 0.1) is 5.71 Å². The third-order valence-electron chi connectivity index (χ3n) is 4.25. The number of rotatable bonds is 5. The third-order valence-corrected chi connectivity index (χ3v) is 4.50. The molecule has 2 amide bonds. The maximum atomic E-state index is 12.4. The minimum Gasteiger partial charge on any atom is -0.322 e. The van der Waals surface area contributed by atoms with Crippen LogP contribution in [0.15, 0.2) is 77.9 Å². The van der Waals surface area contributed by atoms with E-state index in [0.717, 1.165) is 11.1 Å². The number of benzene rings is 3. The fourth-order valence-electron chi connectivity index (χ4n) is 2.68. The van der Waals surface area contributed by atoms with Crippen molar-refractivity contribution in [1.29, 1.82) is 0 Å². The van der Waals surface area contributed by atoms with Crippen molar-refractivity contribution in [3.63, 3.8) is 0 Å². The average molecular weight is 406 g/mol. The van der Waals surface area contributed by atoms with Crippen LogP contribution in [0, 0.1) is 6.92 Å². The van der Waals surface area contributed by atoms with Crippen LogP contribution in [0.1, 0.15) is 38.8 Å². The molecule has 0 fully saturated rings. The summed E-state index contributed by atoms with van der Waals surface area (Å²) in [5.41, 5.74) is 6.65. The van der Waals surface area contributed by atoms with Gasteiger partial charge in [0.2, 0.25) is 0 Å². The van der Waals surface area contributed by atoms with Crippen LogP contribution in [0.25, 0.3) is 0 Å². The lowest BCUT2D eigenvalue weighted by Crippen LogP contribution is -2.19. The number of hydrogen-bond donors (Lipinski definition) is 2. The van der Waals surface area contributed by atoms with Gasteiger partial charge >= 0.3 is 0 Å². The van der Waals surface area contributed by atoms with E-state index in [1.54, 1.807) is 55.5 Å². The number of amides is 2. The highest BCUT2D eigenvalue weighted by Crippen LogP contribution is 2.15. The molecule has 3 aromatic carbocycles.